The smallest absolute Gasteiger partial charge is 0.299 e. The second kappa shape index (κ2) is 8.78. The summed E-state index contributed by atoms with van der Waals surface area (Å²) in [5.74, 6) is -1.30. The lowest BCUT2D eigenvalue weighted by atomic mass is 10.2. The largest absolute Gasteiger partial charge is 0.351 e. The van der Waals surface area contributed by atoms with Crippen LogP contribution in [0.1, 0.15) is 13.8 Å². The molecule has 1 aromatic carbocycles. The van der Waals surface area contributed by atoms with Gasteiger partial charge in [0, 0.05) is 29.4 Å². The Morgan fingerprint density at radius 1 is 1.27 bits per heavy atom. The van der Waals surface area contributed by atoms with Gasteiger partial charge < -0.3 is 19.4 Å². The molecule has 0 amide bonds. The van der Waals surface area contributed by atoms with Gasteiger partial charge in [-0.15, -0.1) is 0 Å². The van der Waals surface area contributed by atoms with Gasteiger partial charge in [-0.25, -0.2) is 4.39 Å². The van der Waals surface area contributed by atoms with Gasteiger partial charge in [-0.1, -0.05) is 0 Å². The van der Waals surface area contributed by atoms with Crippen molar-refractivity contribution in [2.24, 2.45) is 7.05 Å². The summed E-state index contributed by atoms with van der Waals surface area (Å²) in [7, 11) is -2.53. The van der Waals surface area contributed by atoms with Crippen molar-refractivity contribution in [3.8, 4) is 0 Å². The van der Waals surface area contributed by atoms with Crippen LogP contribution in [0.15, 0.2) is 35.3 Å². The second-order valence-corrected chi connectivity index (χ2v) is 9.95. The van der Waals surface area contributed by atoms with Crippen LogP contribution in [0, 0.1) is 9.39 Å². The lowest BCUT2D eigenvalue weighted by Crippen LogP contribution is -2.38. The first-order chi connectivity index (χ1) is 13.9. The molecule has 1 unspecified atom stereocenters. The summed E-state index contributed by atoms with van der Waals surface area (Å²) < 4.78 is 56.9. The zero-order valence-corrected chi connectivity index (χ0v) is 19.5. The minimum absolute atomic E-state index is 0.000953. The Labute approximate surface area is 187 Å². The van der Waals surface area contributed by atoms with E-state index < -0.39 is 33.5 Å². The van der Waals surface area contributed by atoms with Crippen molar-refractivity contribution in [1.29, 1.82) is 0 Å². The van der Waals surface area contributed by atoms with Crippen LogP contribution >= 0.6 is 22.6 Å². The van der Waals surface area contributed by atoms with Gasteiger partial charge in [0.2, 0.25) is 0 Å². The summed E-state index contributed by atoms with van der Waals surface area (Å²) in [6.07, 6.45) is 0.877. The molecular weight excluding hydrogens is 530 g/mol. The van der Waals surface area contributed by atoms with Gasteiger partial charge in [-0.3, -0.25) is 9.52 Å². The Kier molecular flexibility index (Phi) is 6.72. The van der Waals surface area contributed by atoms with Crippen LogP contribution in [-0.2, 0) is 26.7 Å². The molecule has 0 spiro atoms. The number of ether oxygens (including phenoxy) is 2. The molecule has 0 radical (unpaired) electrons. The van der Waals surface area contributed by atoms with E-state index in [1.165, 1.54) is 36.0 Å². The van der Waals surface area contributed by atoms with Gasteiger partial charge in [0.15, 0.2) is 5.79 Å². The molecule has 164 valence electrons. The number of aromatic nitrogens is 1. The highest BCUT2D eigenvalue weighted by Gasteiger charge is 2.33. The first-order valence-electron chi connectivity index (χ1n) is 8.96. The van der Waals surface area contributed by atoms with Crippen molar-refractivity contribution in [3.63, 3.8) is 0 Å². The van der Waals surface area contributed by atoms with E-state index in [9.17, 15) is 17.6 Å². The third-order valence-corrected chi connectivity index (χ3v) is 5.95. The fourth-order valence-electron chi connectivity index (χ4n) is 2.80. The van der Waals surface area contributed by atoms with Crippen LogP contribution in [0.4, 0.5) is 21.5 Å². The lowest BCUT2D eigenvalue weighted by molar-refractivity contribution is -0.137. The van der Waals surface area contributed by atoms with Gasteiger partial charge in [0.05, 0.1) is 29.8 Å². The molecule has 1 aromatic heterocycles. The van der Waals surface area contributed by atoms with Crippen LogP contribution in [0.2, 0.25) is 0 Å². The monoisotopic (exact) mass is 552 g/mol. The summed E-state index contributed by atoms with van der Waals surface area (Å²) in [6, 6.07) is 5.69. The van der Waals surface area contributed by atoms with E-state index in [4.69, 9.17) is 9.47 Å². The van der Waals surface area contributed by atoms with E-state index in [2.05, 4.69) is 14.8 Å². The number of nitrogens with one attached hydrogen (secondary N) is 3. The molecule has 0 saturated carbocycles. The number of anilines is 3. The van der Waals surface area contributed by atoms with Gasteiger partial charge >= 0.3 is 0 Å². The van der Waals surface area contributed by atoms with Gasteiger partial charge in [-0.05, 0) is 54.6 Å². The van der Waals surface area contributed by atoms with Crippen LogP contribution < -0.4 is 20.3 Å². The number of aryl methyl sites for hydroxylation is 1. The molecular formula is C18H22FIN4O5S. The van der Waals surface area contributed by atoms with Crippen molar-refractivity contribution >= 4 is 49.9 Å². The highest BCUT2D eigenvalue weighted by Crippen LogP contribution is 2.27. The number of hydrogen-bond donors (Lipinski definition) is 3. The minimum atomic E-state index is -4.01. The number of pyridine rings is 1. The molecule has 9 nitrogen and oxygen atoms in total. The number of benzene rings is 1. The maximum Gasteiger partial charge on any atom is 0.299 e. The zero-order valence-electron chi connectivity index (χ0n) is 16.5. The highest BCUT2D eigenvalue weighted by molar-refractivity contribution is 14.1. The predicted octanol–water partition coefficient (Wildman–Crippen LogP) is 2.27. The average molecular weight is 552 g/mol. The van der Waals surface area contributed by atoms with Gasteiger partial charge in [0.1, 0.15) is 5.82 Å². The zero-order chi connectivity index (χ0) is 22.1. The van der Waals surface area contributed by atoms with Crippen molar-refractivity contribution in [2.75, 3.05) is 23.2 Å². The third-order valence-electron chi connectivity index (χ3n) is 4.24. The third kappa shape index (κ3) is 5.91. The van der Waals surface area contributed by atoms with Crippen molar-refractivity contribution < 1.29 is 22.3 Å². The van der Waals surface area contributed by atoms with Crippen LogP contribution in [0.3, 0.4) is 0 Å². The molecule has 2 aromatic rings. The molecule has 1 saturated heterocycles. The molecule has 0 aliphatic carbocycles. The number of hydrogen-bond acceptors (Lipinski definition) is 6. The van der Waals surface area contributed by atoms with Crippen molar-refractivity contribution in [3.05, 3.63) is 50.2 Å². The predicted molar refractivity (Wildman–Crippen MR) is 120 cm³/mol. The highest BCUT2D eigenvalue weighted by atomic mass is 127. The van der Waals surface area contributed by atoms with E-state index in [0.29, 0.717) is 3.57 Å². The molecule has 3 rings (SSSR count). The van der Waals surface area contributed by atoms with Crippen molar-refractivity contribution in [2.45, 2.75) is 25.7 Å². The maximum absolute atomic E-state index is 14.2. The van der Waals surface area contributed by atoms with Gasteiger partial charge in [-0.2, -0.15) is 13.1 Å². The van der Waals surface area contributed by atoms with Crippen LogP contribution in [0.25, 0.3) is 0 Å². The first kappa shape index (κ1) is 22.9. The maximum atomic E-state index is 14.2. The van der Waals surface area contributed by atoms with Crippen LogP contribution in [0.5, 0.6) is 0 Å². The summed E-state index contributed by atoms with van der Waals surface area (Å²) >= 11 is 1.97. The molecule has 12 heteroatoms. The summed E-state index contributed by atoms with van der Waals surface area (Å²) in [4.78, 5) is 12.1. The number of rotatable bonds is 7. The molecule has 2 heterocycles. The topological polar surface area (TPSA) is 111 Å². The minimum Gasteiger partial charge on any atom is -0.351 e. The molecule has 3 N–H and O–H groups in total. The Balaban J connectivity index is 1.79. The standard InChI is InChI=1S/C18H22FIN4O5S/c1-18(2)28-10-12(29-18)8-21-30(26,27)23-16-9-24(3)17(25)7-15(16)22-14-5-4-11(20)6-13(14)19/h4-7,9,12,21-23H,8,10H2,1-3H3. The first-order valence-corrected chi connectivity index (χ1v) is 11.5. The Hall–Kier alpha value is -1.74. The van der Waals surface area contributed by atoms with Crippen LogP contribution in [-0.4, -0.2) is 38.0 Å². The fourth-order valence-corrected chi connectivity index (χ4v) is 4.18. The molecule has 1 aliphatic rings. The van der Waals surface area contributed by atoms with E-state index in [1.807, 2.05) is 22.6 Å². The molecule has 1 aliphatic heterocycles. The summed E-state index contributed by atoms with van der Waals surface area (Å²) in [5.41, 5.74) is -0.0921. The Morgan fingerprint density at radius 3 is 2.63 bits per heavy atom. The number of nitrogens with zero attached hydrogens (tertiary/aromatic N) is 1. The summed E-state index contributed by atoms with van der Waals surface area (Å²) in [6.45, 7) is 3.74. The van der Waals surface area contributed by atoms with E-state index in [-0.39, 0.29) is 30.2 Å². The summed E-state index contributed by atoms with van der Waals surface area (Å²) in [5, 5.41) is 2.78. The van der Waals surface area contributed by atoms with Crippen molar-refractivity contribution in [1.82, 2.24) is 9.29 Å². The molecule has 0 bridgehead atoms. The lowest BCUT2D eigenvalue weighted by Gasteiger charge is -2.18. The molecule has 1 fully saturated rings. The average Bonchev–Trinajstić information content (AvgIpc) is 2.99. The molecule has 30 heavy (non-hydrogen) atoms. The fraction of sp³-hybridized carbons (Fsp3) is 0.389. The normalized spacial score (nSPS) is 18.4. The second-order valence-electron chi connectivity index (χ2n) is 7.20. The quantitative estimate of drug-likeness (QED) is 0.455. The Morgan fingerprint density at radius 2 is 2.00 bits per heavy atom. The SMILES string of the molecule is Cn1cc(NS(=O)(=O)NCC2COC(C)(C)O2)c(Nc2ccc(I)cc2F)cc1=O. The van der Waals surface area contributed by atoms with E-state index >= 15 is 0 Å². The van der Waals surface area contributed by atoms with E-state index in [1.54, 1.807) is 19.9 Å². The Bertz CT molecular complexity index is 1110. The van der Waals surface area contributed by atoms with Gasteiger partial charge in [0.25, 0.3) is 15.8 Å². The number of halogens is 2. The van der Waals surface area contributed by atoms with E-state index in [0.717, 1.165) is 0 Å². The molecule has 1 atom stereocenters.